The van der Waals surface area contributed by atoms with Gasteiger partial charge in [0, 0.05) is 13.0 Å². The van der Waals surface area contributed by atoms with E-state index in [0.717, 1.165) is 25.9 Å². The van der Waals surface area contributed by atoms with Gasteiger partial charge in [0.2, 0.25) is 0 Å². The van der Waals surface area contributed by atoms with E-state index in [1.54, 1.807) is 0 Å². The first-order valence-electron chi connectivity index (χ1n) is 11.3. The van der Waals surface area contributed by atoms with Gasteiger partial charge < -0.3 is 13.9 Å². The SMILES string of the molecule is CC(CCCC1(C)OCCO1)CO[Si](c1ccccc1)(c1ccccc1)C(C)(C)C. The molecule has 1 aliphatic rings. The predicted octanol–water partition coefficient (Wildman–Crippen LogP) is 5.13. The van der Waals surface area contributed by atoms with Crippen LogP contribution in [0.4, 0.5) is 0 Å². The fourth-order valence-electron chi connectivity index (χ4n) is 4.58. The molecular weight excluding hydrogens is 388 g/mol. The molecule has 1 unspecified atom stereocenters. The number of hydrogen-bond donors (Lipinski definition) is 0. The van der Waals surface area contributed by atoms with E-state index >= 15 is 0 Å². The van der Waals surface area contributed by atoms with Crippen molar-refractivity contribution in [1.82, 2.24) is 0 Å². The Bertz CT molecular complexity index is 724. The third kappa shape index (κ3) is 5.23. The molecule has 1 heterocycles. The molecule has 0 bridgehead atoms. The second-order valence-corrected chi connectivity index (χ2v) is 14.1. The van der Waals surface area contributed by atoms with Crippen molar-refractivity contribution in [3.8, 4) is 0 Å². The highest BCUT2D eigenvalue weighted by molar-refractivity contribution is 6.99. The summed E-state index contributed by atoms with van der Waals surface area (Å²) >= 11 is 0. The normalized spacial score (nSPS) is 17.8. The van der Waals surface area contributed by atoms with Gasteiger partial charge in [0.1, 0.15) is 0 Å². The van der Waals surface area contributed by atoms with E-state index in [2.05, 4.69) is 95.3 Å². The van der Waals surface area contributed by atoms with Crippen LogP contribution in [0.15, 0.2) is 60.7 Å². The van der Waals surface area contributed by atoms with Crippen LogP contribution in [0.1, 0.15) is 53.9 Å². The lowest BCUT2D eigenvalue weighted by atomic mass is 10.0. The molecule has 2 aromatic carbocycles. The van der Waals surface area contributed by atoms with Gasteiger partial charge in [0.25, 0.3) is 8.32 Å². The Labute approximate surface area is 183 Å². The zero-order chi connectivity index (χ0) is 21.7. The zero-order valence-corrected chi connectivity index (χ0v) is 20.3. The second kappa shape index (κ2) is 9.78. The summed E-state index contributed by atoms with van der Waals surface area (Å²) < 4.78 is 18.6. The average Bonchev–Trinajstić information content (AvgIpc) is 3.15. The number of ether oxygens (including phenoxy) is 2. The maximum atomic E-state index is 7.05. The molecule has 30 heavy (non-hydrogen) atoms. The zero-order valence-electron chi connectivity index (χ0n) is 19.3. The van der Waals surface area contributed by atoms with Crippen LogP contribution in [-0.4, -0.2) is 33.9 Å². The first kappa shape index (κ1) is 23.2. The quantitative estimate of drug-likeness (QED) is 0.520. The molecule has 1 saturated heterocycles. The highest BCUT2D eigenvalue weighted by atomic mass is 28.4. The summed E-state index contributed by atoms with van der Waals surface area (Å²) in [4.78, 5) is 0. The highest BCUT2D eigenvalue weighted by Crippen LogP contribution is 2.37. The average molecular weight is 427 g/mol. The van der Waals surface area contributed by atoms with Gasteiger partial charge in [0.15, 0.2) is 5.79 Å². The molecule has 1 aliphatic heterocycles. The van der Waals surface area contributed by atoms with Crippen LogP contribution in [0.25, 0.3) is 0 Å². The van der Waals surface area contributed by atoms with Gasteiger partial charge >= 0.3 is 0 Å². The predicted molar refractivity (Wildman–Crippen MR) is 127 cm³/mol. The van der Waals surface area contributed by atoms with Crippen LogP contribution in [0.2, 0.25) is 5.04 Å². The fourth-order valence-corrected chi connectivity index (χ4v) is 9.27. The minimum absolute atomic E-state index is 0.0223. The van der Waals surface area contributed by atoms with E-state index in [-0.39, 0.29) is 5.04 Å². The van der Waals surface area contributed by atoms with Crippen molar-refractivity contribution in [2.24, 2.45) is 5.92 Å². The summed E-state index contributed by atoms with van der Waals surface area (Å²) in [7, 11) is -2.44. The molecule has 0 radical (unpaired) electrons. The Morgan fingerprint density at radius 2 is 1.43 bits per heavy atom. The molecule has 0 spiro atoms. The molecule has 4 heteroatoms. The van der Waals surface area contributed by atoms with Crippen LogP contribution >= 0.6 is 0 Å². The Balaban J connectivity index is 1.76. The van der Waals surface area contributed by atoms with Gasteiger partial charge in [-0.3, -0.25) is 0 Å². The molecule has 0 amide bonds. The van der Waals surface area contributed by atoms with Gasteiger partial charge in [-0.05, 0) is 41.1 Å². The molecule has 2 aromatic rings. The maximum absolute atomic E-state index is 7.05. The van der Waals surface area contributed by atoms with Gasteiger partial charge in [-0.15, -0.1) is 0 Å². The summed E-state index contributed by atoms with van der Waals surface area (Å²) in [5, 5.41) is 2.71. The number of rotatable bonds is 9. The molecule has 0 saturated carbocycles. The Hall–Kier alpha value is -1.46. The summed E-state index contributed by atoms with van der Waals surface area (Å²) in [6.45, 7) is 13.6. The number of hydrogen-bond acceptors (Lipinski definition) is 3. The topological polar surface area (TPSA) is 27.7 Å². The monoisotopic (exact) mass is 426 g/mol. The molecule has 1 fully saturated rings. The lowest BCUT2D eigenvalue weighted by Crippen LogP contribution is -2.66. The van der Waals surface area contributed by atoms with Crippen LogP contribution in [0.3, 0.4) is 0 Å². The van der Waals surface area contributed by atoms with Gasteiger partial charge in [0.05, 0.1) is 13.2 Å². The molecule has 0 aliphatic carbocycles. The molecule has 0 N–H and O–H groups in total. The van der Waals surface area contributed by atoms with Crippen LogP contribution < -0.4 is 10.4 Å². The van der Waals surface area contributed by atoms with Crippen molar-refractivity contribution in [2.75, 3.05) is 19.8 Å². The van der Waals surface area contributed by atoms with Crippen molar-refractivity contribution in [2.45, 2.75) is 64.7 Å². The summed E-state index contributed by atoms with van der Waals surface area (Å²) in [6.07, 6.45) is 3.14. The van der Waals surface area contributed by atoms with Gasteiger partial charge in [-0.1, -0.05) is 88.4 Å². The minimum Gasteiger partial charge on any atom is -0.407 e. The first-order valence-corrected chi connectivity index (χ1v) is 13.2. The van der Waals surface area contributed by atoms with E-state index in [0.29, 0.717) is 19.1 Å². The largest absolute Gasteiger partial charge is 0.407 e. The lowest BCUT2D eigenvalue weighted by molar-refractivity contribution is -0.147. The molecule has 0 aromatic heterocycles. The Morgan fingerprint density at radius 3 is 1.90 bits per heavy atom. The summed E-state index contributed by atoms with van der Waals surface area (Å²) in [5.74, 6) is 0.0927. The van der Waals surface area contributed by atoms with Crippen molar-refractivity contribution in [3.63, 3.8) is 0 Å². The smallest absolute Gasteiger partial charge is 0.261 e. The first-order chi connectivity index (χ1) is 14.3. The molecule has 1 atom stereocenters. The van der Waals surface area contributed by atoms with Crippen molar-refractivity contribution in [3.05, 3.63) is 60.7 Å². The van der Waals surface area contributed by atoms with Crippen LogP contribution in [0.5, 0.6) is 0 Å². The standard InChI is InChI=1S/C26H38O3Si/c1-22(13-12-18-26(5)27-19-20-28-26)21-29-30(25(2,3)4,23-14-8-6-9-15-23)24-16-10-7-11-17-24/h6-11,14-17,22H,12-13,18-21H2,1-5H3. The van der Waals surface area contributed by atoms with E-state index < -0.39 is 14.1 Å². The van der Waals surface area contributed by atoms with Gasteiger partial charge in [-0.2, -0.15) is 0 Å². The fraction of sp³-hybridized carbons (Fsp3) is 0.538. The van der Waals surface area contributed by atoms with Crippen molar-refractivity contribution < 1.29 is 13.9 Å². The maximum Gasteiger partial charge on any atom is 0.261 e. The highest BCUT2D eigenvalue weighted by Gasteiger charge is 2.50. The molecule has 3 nitrogen and oxygen atoms in total. The Morgan fingerprint density at radius 1 is 0.933 bits per heavy atom. The Kier molecular flexibility index (Phi) is 7.56. The minimum atomic E-state index is -2.44. The number of benzene rings is 2. The van der Waals surface area contributed by atoms with E-state index in [1.165, 1.54) is 10.4 Å². The molecule has 164 valence electrons. The van der Waals surface area contributed by atoms with E-state index in [1.807, 2.05) is 0 Å². The van der Waals surface area contributed by atoms with Crippen LogP contribution in [-0.2, 0) is 13.9 Å². The summed E-state index contributed by atoms with van der Waals surface area (Å²) in [6, 6.07) is 21.8. The third-order valence-corrected chi connectivity index (χ3v) is 11.2. The van der Waals surface area contributed by atoms with E-state index in [4.69, 9.17) is 13.9 Å². The third-order valence-electron chi connectivity index (χ3n) is 6.23. The van der Waals surface area contributed by atoms with E-state index in [9.17, 15) is 0 Å². The van der Waals surface area contributed by atoms with Crippen molar-refractivity contribution >= 4 is 18.7 Å². The van der Waals surface area contributed by atoms with Crippen molar-refractivity contribution in [1.29, 1.82) is 0 Å². The second-order valence-electron chi connectivity index (χ2n) is 9.80. The lowest BCUT2D eigenvalue weighted by Gasteiger charge is -2.43. The van der Waals surface area contributed by atoms with Gasteiger partial charge in [-0.25, -0.2) is 0 Å². The van der Waals surface area contributed by atoms with Crippen LogP contribution in [0, 0.1) is 5.92 Å². The summed E-state index contributed by atoms with van der Waals surface area (Å²) in [5.41, 5.74) is 0. The molecular formula is C26H38O3Si. The molecule has 3 rings (SSSR count).